The first kappa shape index (κ1) is 20.6. The quantitative estimate of drug-likeness (QED) is 0.393. The van der Waals surface area contributed by atoms with E-state index in [1.54, 1.807) is 12.1 Å². The van der Waals surface area contributed by atoms with E-state index in [9.17, 15) is 4.39 Å². The van der Waals surface area contributed by atoms with Crippen LogP contribution in [0.2, 0.25) is 0 Å². The molecule has 0 fully saturated rings. The average molecular weight is 380 g/mol. The van der Waals surface area contributed by atoms with E-state index in [1.807, 2.05) is 12.1 Å². The summed E-state index contributed by atoms with van der Waals surface area (Å²) in [6.07, 6.45) is 4.32. The molecule has 0 saturated heterocycles. The minimum atomic E-state index is -0.165. The first-order valence-electron chi connectivity index (χ1n) is 10.8. The van der Waals surface area contributed by atoms with Crippen molar-refractivity contribution in [1.29, 1.82) is 0 Å². The zero-order valence-corrected chi connectivity index (χ0v) is 18.1. The number of halogens is 1. The molecule has 2 heteroatoms. The lowest BCUT2D eigenvalue weighted by Crippen LogP contribution is -2.15. The van der Waals surface area contributed by atoms with Crippen LogP contribution in [-0.4, -0.2) is 4.57 Å². The molecule has 1 nitrogen and oxygen atoms in total. The molecule has 2 aromatic carbocycles. The molecule has 3 rings (SSSR count). The van der Waals surface area contributed by atoms with Crippen LogP contribution in [0.3, 0.4) is 0 Å². The van der Waals surface area contributed by atoms with Crippen molar-refractivity contribution in [2.45, 2.75) is 66.8 Å². The molecule has 150 valence electrons. The van der Waals surface area contributed by atoms with Gasteiger partial charge < -0.3 is 4.57 Å². The summed E-state index contributed by atoms with van der Waals surface area (Å²) in [5.41, 5.74) is 6.86. The highest BCUT2D eigenvalue weighted by atomic mass is 19.1. The Labute approximate surface area is 169 Å². The summed E-state index contributed by atoms with van der Waals surface area (Å²) in [6.45, 7) is 12.4. The summed E-state index contributed by atoms with van der Waals surface area (Å²) >= 11 is 0. The van der Waals surface area contributed by atoms with Crippen LogP contribution in [0.1, 0.15) is 56.5 Å². The van der Waals surface area contributed by atoms with E-state index in [2.05, 4.69) is 57.4 Å². The van der Waals surface area contributed by atoms with Crippen LogP contribution in [0.5, 0.6) is 0 Å². The normalized spacial score (nSPS) is 13.8. The van der Waals surface area contributed by atoms with Gasteiger partial charge in [0.2, 0.25) is 0 Å². The molecule has 0 aliphatic heterocycles. The van der Waals surface area contributed by atoms with Gasteiger partial charge in [-0.2, -0.15) is 0 Å². The first-order chi connectivity index (χ1) is 13.4. The minimum Gasteiger partial charge on any atom is -0.344 e. The van der Waals surface area contributed by atoms with E-state index in [0.717, 1.165) is 31.7 Å². The highest BCUT2D eigenvalue weighted by Gasteiger charge is 2.20. The maximum Gasteiger partial charge on any atom is 0.123 e. The lowest BCUT2D eigenvalue weighted by molar-refractivity contribution is 0.367. The number of fused-ring (bicyclic) bond motifs is 1. The standard InChI is InChI=1S/C26H34FN/c1-6-19(4)20(5)17-26-23(7-2)24-16-18(3)8-13-25(24)28(26)15-14-21-9-11-22(27)12-10-21/h8-13,16,19-20H,6-7,14-15,17H2,1-5H3. The number of hydrogen-bond donors (Lipinski definition) is 0. The molecule has 3 aromatic rings. The second-order valence-electron chi connectivity index (χ2n) is 8.39. The fourth-order valence-electron chi connectivity index (χ4n) is 4.27. The summed E-state index contributed by atoms with van der Waals surface area (Å²) in [5.74, 6) is 1.21. The molecular weight excluding hydrogens is 345 g/mol. The van der Waals surface area contributed by atoms with Crippen LogP contribution in [0.4, 0.5) is 4.39 Å². The monoisotopic (exact) mass is 379 g/mol. The molecule has 0 aliphatic rings. The molecule has 0 amide bonds. The SMILES string of the molecule is CCc1c(CC(C)C(C)CC)n(CCc2ccc(F)cc2)c2ccc(C)cc12. The van der Waals surface area contributed by atoms with Crippen molar-refractivity contribution in [3.63, 3.8) is 0 Å². The first-order valence-corrected chi connectivity index (χ1v) is 10.8. The Morgan fingerprint density at radius 1 is 0.964 bits per heavy atom. The Morgan fingerprint density at radius 2 is 1.68 bits per heavy atom. The summed E-state index contributed by atoms with van der Waals surface area (Å²) in [5, 5.41) is 1.41. The highest BCUT2D eigenvalue weighted by molar-refractivity contribution is 5.86. The fraction of sp³-hybridized carbons (Fsp3) is 0.462. The van der Waals surface area contributed by atoms with E-state index < -0.39 is 0 Å². The van der Waals surface area contributed by atoms with Gasteiger partial charge in [0, 0.05) is 23.1 Å². The van der Waals surface area contributed by atoms with Crippen molar-refractivity contribution < 1.29 is 4.39 Å². The van der Waals surface area contributed by atoms with Crippen molar-refractivity contribution >= 4 is 10.9 Å². The van der Waals surface area contributed by atoms with Gasteiger partial charge in [-0.1, -0.05) is 57.9 Å². The predicted molar refractivity (Wildman–Crippen MR) is 118 cm³/mol. The smallest absolute Gasteiger partial charge is 0.123 e. The molecule has 0 N–H and O–H groups in total. The molecule has 0 saturated carbocycles. The van der Waals surface area contributed by atoms with Gasteiger partial charge in [0.05, 0.1) is 0 Å². The predicted octanol–water partition coefficient (Wildman–Crippen LogP) is 7.12. The Morgan fingerprint density at radius 3 is 2.32 bits per heavy atom. The zero-order chi connectivity index (χ0) is 20.3. The Balaban J connectivity index is 2.01. The number of hydrogen-bond acceptors (Lipinski definition) is 0. The van der Waals surface area contributed by atoms with E-state index >= 15 is 0 Å². The summed E-state index contributed by atoms with van der Waals surface area (Å²) in [7, 11) is 0. The van der Waals surface area contributed by atoms with Crippen molar-refractivity contribution in [3.05, 3.63) is 70.7 Å². The van der Waals surface area contributed by atoms with Crippen LogP contribution in [0, 0.1) is 24.6 Å². The molecule has 2 atom stereocenters. The lowest BCUT2D eigenvalue weighted by atomic mass is 9.88. The second-order valence-corrected chi connectivity index (χ2v) is 8.39. The van der Waals surface area contributed by atoms with E-state index in [4.69, 9.17) is 0 Å². The van der Waals surface area contributed by atoms with Gasteiger partial charge in [0.1, 0.15) is 5.82 Å². The molecule has 1 aromatic heterocycles. The minimum absolute atomic E-state index is 0.165. The van der Waals surface area contributed by atoms with Crippen LogP contribution in [0.25, 0.3) is 10.9 Å². The summed E-state index contributed by atoms with van der Waals surface area (Å²) in [4.78, 5) is 0. The molecule has 28 heavy (non-hydrogen) atoms. The van der Waals surface area contributed by atoms with Gasteiger partial charge in [-0.25, -0.2) is 4.39 Å². The number of nitrogens with zero attached hydrogens (tertiary/aromatic N) is 1. The fourth-order valence-corrected chi connectivity index (χ4v) is 4.27. The third kappa shape index (κ3) is 4.32. The van der Waals surface area contributed by atoms with Crippen LogP contribution >= 0.6 is 0 Å². The van der Waals surface area contributed by atoms with Gasteiger partial charge in [0.15, 0.2) is 0 Å². The largest absolute Gasteiger partial charge is 0.344 e. The highest BCUT2D eigenvalue weighted by Crippen LogP contribution is 2.31. The topological polar surface area (TPSA) is 4.93 Å². The molecular formula is C26H34FN. The van der Waals surface area contributed by atoms with Crippen molar-refractivity contribution in [3.8, 4) is 0 Å². The van der Waals surface area contributed by atoms with Crippen molar-refractivity contribution in [2.75, 3.05) is 0 Å². The summed E-state index contributed by atoms with van der Waals surface area (Å²) in [6, 6.07) is 13.8. The van der Waals surface area contributed by atoms with Gasteiger partial charge in [0.25, 0.3) is 0 Å². The van der Waals surface area contributed by atoms with E-state index in [-0.39, 0.29) is 5.82 Å². The maximum absolute atomic E-state index is 13.3. The zero-order valence-electron chi connectivity index (χ0n) is 18.1. The molecule has 1 heterocycles. The second kappa shape index (κ2) is 8.94. The Hall–Kier alpha value is -2.09. The van der Waals surface area contributed by atoms with E-state index in [1.165, 1.54) is 39.7 Å². The molecule has 0 bridgehead atoms. The molecule has 0 radical (unpaired) electrons. The number of aryl methyl sites for hydroxylation is 4. The van der Waals surface area contributed by atoms with Crippen molar-refractivity contribution in [1.82, 2.24) is 4.57 Å². The molecule has 0 aliphatic carbocycles. The number of benzene rings is 2. The lowest BCUT2D eigenvalue weighted by Gasteiger charge is -2.21. The molecule has 2 unspecified atom stereocenters. The molecule has 0 spiro atoms. The third-order valence-corrected chi connectivity index (χ3v) is 6.46. The van der Waals surface area contributed by atoms with Crippen LogP contribution in [-0.2, 0) is 25.8 Å². The third-order valence-electron chi connectivity index (χ3n) is 6.46. The van der Waals surface area contributed by atoms with Gasteiger partial charge in [-0.3, -0.25) is 0 Å². The van der Waals surface area contributed by atoms with E-state index in [0.29, 0.717) is 5.92 Å². The van der Waals surface area contributed by atoms with Crippen LogP contribution < -0.4 is 0 Å². The average Bonchev–Trinajstić information content (AvgIpc) is 2.98. The van der Waals surface area contributed by atoms with Crippen molar-refractivity contribution in [2.24, 2.45) is 11.8 Å². The van der Waals surface area contributed by atoms with Gasteiger partial charge >= 0.3 is 0 Å². The maximum atomic E-state index is 13.3. The Bertz CT molecular complexity index is 920. The van der Waals surface area contributed by atoms with Crippen LogP contribution in [0.15, 0.2) is 42.5 Å². The number of aromatic nitrogens is 1. The van der Waals surface area contributed by atoms with Gasteiger partial charge in [-0.05, 0) is 73.4 Å². The summed E-state index contributed by atoms with van der Waals surface area (Å²) < 4.78 is 15.8. The Kier molecular flexibility index (Phi) is 6.59. The number of rotatable bonds is 8. The van der Waals surface area contributed by atoms with Gasteiger partial charge in [-0.15, -0.1) is 0 Å².